The lowest BCUT2D eigenvalue weighted by molar-refractivity contribution is -0.148. The van der Waals surface area contributed by atoms with Crippen molar-refractivity contribution in [3.05, 3.63) is 0 Å². The molecule has 1 fully saturated rings. The normalized spacial score (nSPS) is 21.6. The van der Waals surface area contributed by atoms with Crippen LogP contribution < -0.4 is 5.32 Å². The highest BCUT2D eigenvalue weighted by atomic mass is 16.4. The van der Waals surface area contributed by atoms with Crippen molar-refractivity contribution in [2.45, 2.75) is 32.7 Å². The lowest BCUT2D eigenvalue weighted by atomic mass is 9.76. The van der Waals surface area contributed by atoms with Gasteiger partial charge in [-0.05, 0) is 23.5 Å². The Morgan fingerprint density at radius 3 is 2.70 bits per heavy atom. The second-order valence-electron chi connectivity index (χ2n) is 5.56. The second kappa shape index (κ2) is 5.06. The molecule has 2 rings (SSSR count). The van der Waals surface area contributed by atoms with Gasteiger partial charge in [-0.25, -0.2) is 9.59 Å². The molecule has 0 radical (unpaired) electrons. The van der Waals surface area contributed by atoms with Crippen molar-refractivity contribution in [1.82, 2.24) is 25.1 Å². The highest BCUT2D eigenvalue weighted by molar-refractivity contribution is 5.91. The summed E-state index contributed by atoms with van der Waals surface area (Å²) in [5, 5.41) is 23.0. The zero-order valence-corrected chi connectivity index (χ0v) is 11.7. The number of rotatable bonds is 2. The number of nitrogens with zero attached hydrogens (tertiary/aromatic N) is 5. The third kappa shape index (κ3) is 2.70. The van der Waals surface area contributed by atoms with Gasteiger partial charge in [-0.15, -0.1) is 5.10 Å². The predicted octanol–water partition coefficient (Wildman–Crippen LogP) is 0.317. The molecule has 2 heterocycles. The number of carbonyl (C=O) groups is 2. The summed E-state index contributed by atoms with van der Waals surface area (Å²) in [7, 11) is 1.58. The molecule has 2 amide bonds. The van der Waals surface area contributed by atoms with E-state index in [-0.39, 0.29) is 5.95 Å². The summed E-state index contributed by atoms with van der Waals surface area (Å²) in [4.78, 5) is 26.2. The smallest absolute Gasteiger partial charge is 0.327 e. The maximum absolute atomic E-state index is 12.2. The van der Waals surface area contributed by atoms with Gasteiger partial charge in [0.15, 0.2) is 0 Å². The van der Waals surface area contributed by atoms with E-state index in [4.69, 9.17) is 0 Å². The average molecular weight is 282 g/mol. The van der Waals surface area contributed by atoms with E-state index in [0.29, 0.717) is 6.54 Å². The Bertz CT molecular complexity index is 526. The zero-order chi connectivity index (χ0) is 14.9. The van der Waals surface area contributed by atoms with Crippen LogP contribution in [-0.4, -0.2) is 54.8 Å². The van der Waals surface area contributed by atoms with Gasteiger partial charge in [0, 0.05) is 6.54 Å². The number of piperidine rings is 1. The minimum atomic E-state index is -1.00. The van der Waals surface area contributed by atoms with Gasteiger partial charge in [0.2, 0.25) is 0 Å². The van der Waals surface area contributed by atoms with Crippen LogP contribution in [0, 0.1) is 5.41 Å². The monoisotopic (exact) mass is 282 g/mol. The minimum Gasteiger partial charge on any atom is -0.480 e. The number of hydrogen-bond acceptors (Lipinski definition) is 5. The molecule has 9 heteroatoms. The molecule has 110 valence electrons. The Hall–Kier alpha value is -2.19. The molecule has 0 aromatic carbocycles. The molecule has 1 aromatic heterocycles. The van der Waals surface area contributed by atoms with Gasteiger partial charge >= 0.3 is 12.0 Å². The minimum absolute atomic E-state index is 0.0602. The van der Waals surface area contributed by atoms with Crippen molar-refractivity contribution >= 4 is 17.9 Å². The topological polar surface area (TPSA) is 113 Å². The first-order valence-corrected chi connectivity index (χ1v) is 6.36. The number of aliphatic carboxylic acids is 1. The van der Waals surface area contributed by atoms with Crippen molar-refractivity contribution in [2.24, 2.45) is 12.5 Å². The first-order valence-electron chi connectivity index (χ1n) is 6.36. The Labute approximate surface area is 115 Å². The highest BCUT2D eigenvalue weighted by Gasteiger charge is 2.44. The van der Waals surface area contributed by atoms with Crippen LogP contribution in [0.4, 0.5) is 10.7 Å². The molecule has 1 atom stereocenters. The third-order valence-corrected chi connectivity index (χ3v) is 3.49. The summed E-state index contributed by atoms with van der Waals surface area (Å²) in [6.07, 6.45) is 1.52. The Morgan fingerprint density at radius 2 is 2.15 bits per heavy atom. The lowest BCUT2D eigenvalue weighted by Gasteiger charge is -2.43. The number of aryl methyl sites for hydroxylation is 1. The molecule has 0 saturated carbocycles. The standard InChI is InChI=1S/C11H18N6O3/c1-11(2)5-4-6-17(7(11)8(18)19)10(20)12-9-13-15-16(3)14-9/h7H,4-6H2,1-3H3,(H,18,19)(H,12,14,20). The molecule has 1 saturated heterocycles. The summed E-state index contributed by atoms with van der Waals surface area (Å²) in [5.74, 6) is -0.943. The van der Waals surface area contributed by atoms with Crippen LogP contribution in [0.25, 0.3) is 0 Å². The molecule has 1 aromatic rings. The molecule has 1 aliphatic rings. The van der Waals surface area contributed by atoms with Crippen LogP contribution in [0.5, 0.6) is 0 Å². The lowest BCUT2D eigenvalue weighted by Crippen LogP contribution is -2.57. The van der Waals surface area contributed by atoms with E-state index in [1.165, 1.54) is 9.70 Å². The Morgan fingerprint density at radius 1 is 1.45 bits per heavy atom. The quantitative estimate of drug-likeness (QED) is 0.807. The number of carboxylic acids is 1. The van der Waals surface area contributed by atoms with Gasteiger partial charge in [0.1, 0.15) is 6.04 Å². The number of likely N-dealkylation sites (tertiary alicyclic amines) is 1. The van der Waals surface area contributed by atoms with E-state index in [1.807, 2.05) is 13.8 Å². The zero-order valence-electron chi connectivity index (χ0n) is 11.7. The van der Waals surface area contributed by atoms with Crippen LogP contribution >= 0.6 is 0 Å². The fraction of sp³-hybridized carbons (Fsp3) is 0.727. The molecule has 0 spiro atoms. The van der Waals surface area contributed by atoms with E-state index in [0.717, 1.165) is 12.8 Å². The van der Waals surface area contributed by atoms with E-state index in [1.54, 1.807) is 7.05 Å². The average Bonchev–Trinajstić information content (AvgIpc) is 2.72. The van der Waals surface area contributed by atoms with Crippen LogP contribution in [0.1, 0.15) is 26.7 Å². The van der Waals surface area contributed by atoms with E-state index in [2.05, 4.69) is 20.7 Å². The number of amides is 2. The summed E-state index contributed by atoms with van der Waals surface area (Å²) < 4.78 is 0. The SMILES string of the molecule is Cn1nnc(NC(=O)N2CCCC(C)(C)C2C(=O)O)n1. The Balaban J connectivity index is 2.16. The number of carbonyl (C=O) groups excluding carboxylic acids is 1. The number of aromatic nitrogens is 4. The molecular weight excluding hydrogens is 264 g/mol. The Kier molecular flexibility index (Phi) is 3.60. The van der Waals surface area contributed by atoms with Crippen molar-refractivity contribution in [1.29, 1.82) is 0 Å². The van der Waals surface area contributed by atoms with Gasteiger partial charge < -0.3 is 10.0 Å². The van der Waals surface area contributed by atoms with Crippen LogP contribution in [0.15, 0.2) is 0 Å². The highest BCUT2D eigenvalue weighted by Crippen LogP contribution is 2.35. The first kappa shape index (κ1) is 14.2. The van der Waals surface area contributed by atoms with Gasteiger partial charge in [-0.3, -0.25) is 5.32 Å². The van der Waals surface area contributed by atoms with Crippen molar-refractivity contribution < 1.29 is 14.7 Å². The predicted molar refractivity (Wildman–Crippen MR) is 69.0 cm³/mol. The van der Waals surface area contributed by atoms with Crippen molar-refractivity contribution in [3.8, 4) is 0 Å². The third-order valence-electron chi connectivity index (χ3n) is 3.49. The number of hydrogen-bond donors (Lipinski definition) is 2. The molecule has 9 nitrogen and oxygen atoms in total. The molecule has 20 heavy (non-hydrogen) atoms. The maximum Gasteiger partial charge on any atom is 0.327 e. The summed E-state index contributed by atoms with van der Waals surface area (Å²) in [5.41, 5.74) is -0.475. The van der Waals surface area contributed by atoms with Gasteiger partial charge in [0.25, 0.3) is 5.95 Å². The van der Waals surface area contributed by atoms with E-state index >= 15 is 0 Å². The summed E-state index contributed by atoms with van der Waals surface area (Å²) in [6.45, 7) is 4.10. The number of carboxylic acid groups (broad SMARTS) is 1. The van der Waals surface area contributed by atoms with E-state index in [9.17, 15) is 14.7 Å². The number of urea groups is 1. The van der Waals surface area contributed by atoms with Crippen LogP contribution in [0.3, 0.4) is 0 Å². The van der Waals surface area contributed by atoms with Gasteiger partial charge in [-0.1, -0.05) is 18.9 Å². The molecule has 0 aliphatic carbocycles. The fourth-order valence-electron chi connectivity index (χ4n) is 2.58. The number of tetrazole rings is 1. The summed E-state index contributed by atoms with van der Waals surface area (Å²) in [6, 6.07) is -1.38. The second-order valence-corrected chi connectivity index (χ2v) is 5.56. The molecule has 1 unspecified atom stereocenters. The number of nitrogens with one attached hydrogen (secondary N) is 1. The molecule has 2 N–H and O–H groups in total. The first-order chi connectivity index (χ1) is 9.31. The largest absolute Gasteiger partial charge is 0.480 e. The van der Waals surface area contributed by atoms with Crippen LogP contribution in [-0.2, 0) is 11.8 Å². The number of anilines is 1. The van der Waals surface area contributed by atoms with E-state index < -0.39 is 23.5 Å². The van der Waals surface area contributed by atoms with Crippen molar-refractivity contribution in [3.63, 3.8) is 0 Å². The fourth-order valence-corrected chi connectivity index (χ4v) is 2.58. The molecular formula is C11H18N6O3. The maximum atomic E-state index is 12.2. The molecule has 0 bridgehead atoms. The van der Waals surface area contributed by atoms with Crippen LogP contribution in [0.2, 0.25) is 0 Å². The van der Waals surface area contributed by atoms with Gasteiger partial charge in [0.05, 0.1) is 7.05 Å². The summed E-state index contributed by atoms with van der Waals surface area (Å²) >= 11 is 0. The van der Waals surface area contributed by atoms with Gasteiger partial charge in [-0.2, -0.15) is 4.80 Å². The molecule has 1 aliphatic heterocycles. The van der Waals surface area contributed by atoms with Crippen molar-refractivity contribution in [2.75, 3.05) is 11.9 Å².